The molecule has 0 aliphatic rings. The minimum absolute atomic E-state index is 0.227. The van der Waals surface area contributed by atoms with Gasteiger partial charge in [-0.1, -0.05) is 0 Å². The fourth-order valence-corrected chi connectivity index (χ4v) is 2.13. The normalized spacial score (nSPS) is 11.8. The number of furan rings is 1. The first-order chi connectivity index (χ1) is 12.5. The lowest BCUT2D eigenvalue weighted by Crippen LogP contribution is -2.35. The summed E-state index contributed by atoms with van der Waals surface area (Å²) in [6, 6.07) is 8.67. The van der Waals surface area contributed by atoms with Crippen molar-refractivity contribution in [1.29, 1.82) is 0 Å². The summed E-state index contributed by atoms with van der Waals surface area (Å²) in [4.78, 5) is 23.9. The predicted molar refractivity (Wildman–Crippen MR) is 94.7 cm³/mol. The molecule has 0 radical (unpaired) electrons. The van der Waals surface area contributed by atoms with Crippen LogP contribution < -0.4 is 14.8 Å². The second-order valence-corrected chi connectivity index (χ2v) is 5.32. The van der Waals surface area contributed by atoms with E-state index in [9.17, 15) is 9.59 Å². The monoisotopic (exact) mass is 359 g/mol. The number of hydrogen-bond donors (Lipinski definition) is 1. The number of methoxy groups -OCH3 is 2. The molecule has 0 aliphatic heterocycles. The smallest absolute Gasteiger partial charge is 0.331 e. The Labute approximate surface area is 151 Å². The van der Waals surface area contributed by atoms with E-state index in [4.69, 9.17) is 18.6 Å². The van der Waals surface area contributed by atoms with Crippen molar-refractivity contribution in [2.45, 2.75) is 19.6 Å². The summed E-state index contributed by atoms with van der Waals surface area (Å²) in [5.41, 5.74) is 0.652. The van der Waals surface area contributed by atoms with E-state index in [2.05, 4.69) is 5.32 Å². The van der Waals surface area contributed by atoms with E-state index in [1.807, 2.05) is 0 Å². The summed E-state index contributed by atoms with van der Waals surface area (Å²) >= 11 is 0. The second kappa shape index (κ2) is 9.31. The van der Waals surface area contributed by atoms with Crippen LogP contribution in [0.1, 0.15) is 18.2 Å². The van der Waals surface area contributed by atoms with E-state index in [0.717, 1.165) is 0 Å². The molecule has 0 saturated carbocycles. The Balaban J connectivity index is 1.90. The van der Waals surface area contributed by atoms with Gasteiger partial charge in [0.1, 0.15) is 17.3 Å². The SMILES string of the molecule is COc1ccc(OC)c(/C=C/C(=O)O[C@@H](C)C(=O)NCc2ccco2)c1. The third kappa shape index (κ3) is 5.41. The van der Waals surface area contributed by atoms with E-state index in [1.54, 1.807) is 37.4 Å². The molecule has 0 aliphatic carbocycles. The van der Waals surface area contributed by atoms with Gasteiger partial charge in [-0.15, -0.1) is 0 Å². The van der Waals surface area contributed by atoms with Gasteiger partial charge in [-0.25, -0.2) is 4.79 Å². The molecule has 1 N–H and O–H groups in total. The molecule has 1 aromatic heterocycles. The van der Waals surface area contributed by atoms with Crippen LogP contribution in [0.2, 0.25) is 0 Å². The minimum Gasteiger partial charge on any atom is -0.497 e. The maximum atomic E-state index is 11.9. The van der Waals surface area contributed by atoms with E-state index in [1.165, 1.54) is 32.4 Å². The zero-order chi connectivity index (χ0) is 18.9. The van der Waals surface area contributed by atoms with Crippen molar-refractivity contribution in [3.8, 4) is 11.5 Å². The van der Waals surface area contributed by atoms with Crippen molar-refractivity contribution in [1.82, 2.24) is 5.32 Å². The van der Waals surface area contributed by atoms with Crippen LogP contribution in [0.15, 0.2) is 47.1 Å². The molecule has 1 atom stereocenters. The number of hydrogen-bond acceptors (Lipinski definition) is 6. The van der Waals surface area contributed by atoms with Gasteiger partial charge in [0.2, 0.25) is 0 Å². The van der Waals surface area contributed by atoms with E-state index in [0.29, 0.717) is 22.8 Å². The Morgan fingerprint density at radius 1 is 1.23 bits per heavy atom. The van der Waals surface area contributed by atoms with Gasteiger partial charge in [-0.3, -0.25) is 4.79 Å². The predicted octanol–water partition coefficient (Wildman–Crippen LogP) is 2.56. The van der Waals surface area contributed by atoms with Gasteiger partial charge in [-0.05, 0) is 43.3 Å². The summed E-state index contributed by atoms with van der Waals surface area (Å²) in [6.07, 6.45) is 3.35. The average molecular weight is 359 g/mol. The zero-order valence-corrected chi connectivity index (χ0v) is 14.9. The summed E-state index contributed by atoms with van der Waals surface area (Å²) in [7, 11) is 3.08. The molecule has 138 valence electrons. The van der Waals surface area contributed by atoms with Crippen molar-refractivity contribution in [2.75, 3.05) is 14.2 Å². The molecule has 7 heteroatoms. The second-order valence-electron chi connectivity index (χ2n) is 5.32. The maximum absolute atomic E-state index is 11.9. The topological polar surface area (TPSA) is 87.0 Å². The van der Waals surface area contributed by atoms with Gasteiger partial charge >= 0.3 is 5.97 Å². The Hall–Kier alpha value is -3.22. The number of ether oxygens (including phenoxy) is 3. The molecule has 1 aromatic carbocycles. The molecule has 0 unspecified atom stereocenters. The first-order valence-corrected chi connectivity index (χ1v) is 7.94. The quantitative estimate of drug-likeness (QED) is 0.576. The average Bonchev–Trinajstić information content (AvgIpc) is 3.17. The zero-order valence-electron chi connectivity index (χ0n) is 14.9. The largest absolute Gasteiger partial charge is 0.497 e. The van der Waals surface area contributed by atoms with Crippen molar-refractivity contribution >= 4 is 18.0 Å². The molecule has 0 fully saturated rings. The maximum Gasteiger partial charge on any atom is 0.331 e. The van der Waals surface area contributed by atoms with Crippen LogP contribution >= 0.6 is 0 Å². The lowest BCUT2D eigenvalue weighted by Gasteiger charge is -2.11. The van der Waals surface area contributed by atoms with Crippen LogP contribution in [0.3, 0.4) is 0 Å². The fraction of sp³-hybridized carbons (Fsp3) is 0.263. The molecule has 0 saturated heterocycles. The lowest BCUT2D eigenvalue weighted by molar-refractivity contribution is -0.150. The Kier molecular flexibility index (Phi) is 6.84. The van der Waals surface area contributed by atoms with Crippen molar-refractivity contribution in [2.24, 2.45) is 0 Å². The molecule has 1 amide bonds. The number of amides is 1. The van der Waals surface area contributed by atoms with Gasteiger partial charge in [-0.2, -0.15) is 0 Å². The number of benzene rings is 1. The number of esters is 1. The number of rotatable bonds is 8. The van der Waals surface area contributed by atoms with Gasteiger partial charge in [0.15, 0.2) is 6.10 Å². The van der Waals surface area contributed by atoms with Crippen LogP contribution in [0.25, 0.3) is 6.08 Å². The molecule has 2 rings (SSSR count). The lowest BCUT2D eigenvalue weighted by atomic mass is 10.1. The molecule has 1 heterocycles. The first kappa shape index (κ1) is 19.1. The molecular weight excluding hydrogens is 338 g/mol. The standard InChI is InChI=1S/C19H21NO6/c1-13(19(22)20-12-16-5-4-10-25-16)26-18(21)9-6-14-11-15(23-2)7-8-17(14)24-3/h4-11,13H,12H2,1-3H3,(H,20,22)/b9-6+/t13-/m0/s1. The number of carbonyl (C=O) groups is 2. The molecule has 26 heavy (non-hydrogen) atoms. The molecular formula is C19H21NO6. The molecule has 0 bridgehead atoms. The minimum atomic E-state index is -0.936. The van der Waals surface area contributed by atoms with Crippen molar-refractivity contribution < 1.29 is 28.2 Å². The highest BCUT2D eigenvalue weighted by molar-refractivity contribution is 5.90. The highest BCUT2D eigenvalue weighted by atomic mass is 16.5. The summed E-state index contributed by atoms with van der Waals surface area (Å²) in [5.74, 6) is 0.767. The Morgan fingerprint density at radius 3 is 2.69 bits per heavy atom. The van der Waals surface area contributed by atoms with E-state index >= 15 is 0 Å². The summed E-state index contributed by atoms with van der Waals surface area (Å²) in [5, 5.41) is 2.63. The highest BCUT2D eigenvalue weighted by Crippen LogP contribution is 2.25. The Morgan fingerprint density at radius 2 is 2.04 bits per heavy atom. The molecule has 0 spiro atoms. The van der Waals surface area contributed by atoms with Gasteiger partial charge in [0.05, 0.1) is 27.0 Å². The third-order valence-electron chi connectivity index (χ3n) is 3.51. The molecule has 2 aromatic rings. The van der Waals surface area contributed by atoms with Crippen molar-refractivity contribution in [3.63, 3.8) is 0 Å². The van der Waals surface area contributed by atoms with Crippen molar-refractivity contribution in [3.05, 3.63) is 54.0 Å². The fourth-order valence-electron chi connectivity index (χ4n) is 2.13. The van der Waals surface area contributed by atoms with Gasteiger partial charge in [0, 0.05) is 11.6 Å². The van der Waals surface area contributed by atoms with Crippen LogP contribution in [0, 0.1) is 0 Å². The van der Waals surface area contributed by atoms with E-state index in [-0.39, 0.29) is 6.54 Å². The summed E-state index contributed by atoms with van der Waals surface area (Å²) < 4.78 is 20.6. The molecule has 7 nitrogen and oxygen atoms in total. The van der Waals surface area contributed by atoms with E-state index < -0.39 is 18.0 Å². The number of nitrogens with one attached hydrogen (secondary N) is 1. The van der Waals surface area contributed by atoms with Gasteiger partial charge < -0.3 is 23.9 Å². The Bertz CT molecular complexity index is 766. The number of carbonyl (C=O) groups excluding carboxylic acids is 2. The van der Waals surface area contributed by atoms with Gasteiger partial charge in [0.25, 0.3) is 5.91 Å². The first-order valence-electron chi connectivity index (χ1n) is 7.94. The van der Waals surface area contributed by atoms with Crippen LogP contribution in [-0.2, 0) is 20.9 Å². The van der Waals surface area contributed by atoms with Crippen LogP contribution in [-0.4, -0.2) is 32.2 Å². The third-order valence-corrected chi connectivity index (χ3v) is 3.51. The van der Waals surface area contributed by atoms with Crippen LogP contribution in [0.4, 0.5) is 0 Å². The van der Waals surface area contributed by atoms with Crippen LogP contribution in [0.5, 0.6) is 11.5 Å². The summed E-state index contributed by atoms with van der Waals surface area (Å²) in [6.45, 7) is 1.72. The highest BCUT2D eigenvalue weighted by Gasteiger charge is 2.16.